The van der Waals surface area contributed by atoms with Crippen molar-refractivity contribution in [2.75, 3.05) is 11.5 Å². The number of fused-ring (bicyclic) bond motifs is 1. The molecule has 5 rings (SSSR count). The smallest absolute Gasteiger partial charge is 0.338 e. The van der Waals surface area contributed by atoms with E-state index in [4.69, 9.17) is 9.47 Å². The fourth-order valence-electron chi connectivity index (χ4n) is 4.28. The van der Waals surface area contributed by atoms with Crippen molar-refractivity contribution in [3.05, 3.63) is 113 Å². The molecule has 0 aromatic heterocycles. The lowest BCUT2D eigenvalue weighted by Crippen LogP contribution is -2.54. The molecule has 0 aliphatic carbocycles. The van der Waals surface area contributed by atoms with Crippen molar-refractivity contribution in [2.45, 2.75) is 13.5 Å². The van der Waals surface area contributed by atoms with Crippen LogP contribution in [0.15, 0.2) is 96.6 Å². The average Bonchev–Trinajstić information content (AvgIpc) is 2.95. The molecule has 1 aliphatic heterocycles. The molecule has 1 fully saturated rings. The molecule has 8 nitrogen and oxygen atoms in total. The number of rotatable bonds is 7. The van der Waals surface area contributed by atoms with Gasteiger partial charge in [0.05, 0.1) is 17.9 Å². The van der Waals surface area contributed by atoms with Crippen molar-refractivity contribution in [3.63, 3.8) is 0 Å². The molecule has 0 bridgehead atoms. The second-order valence-electron chi connectivity index (χ2n) is 8.70. The Balaban J connectivity index is 1.53. The van der Waals surface area contributed by atoms with Crippen LogP contribution in [0.2, 0.25) is 0 Å². The first-order chi connectivity index (χ1) is 19.0. The first kappa shape index (κ1) is 25.4. The Bertz CT molecular complexity index is 1610. The molecule has 1 N–H and O–H groups in total. The molecule has 1 heterocycles. The summed E-state index contributed by atoms with van der Waals surface area (Å²) in [5.41, 5.74) is 1.73. The van der Waals surface area contributed by atoms with Crippen molar-refractivity contribution in [3.8, 4) is 5.75 Å². The predicted octanol–water partition coefficient (Wildman–Crippen LogP) is 5.26. The van der Waals surface area contributed by atoms with Crippen LogP contribution in [0.25, 0.3) is 16.8 Å². The number of hydrogen-bond donors (Lipinski definition) is 1. The van der Waals surface area contributed by atoms with Crippen LogP contribution in [-0.4, -0.2) is 30.4 Å². The predicted molar refractivity (Wildman–Crippen MR) is 146 cm³/mol. The highest BCUT2D eigenvalue weighted by atomic mass is 16.5. The Kier molecular flexibility index (Phi) is 7.18. The quantitative estimate of drug-likeness (QED) is 0.203. The van der Waals surface area contributed by atoms with Gasteiger partial charge in [0.25, 0.3) is 11.8 Å². The van der Waals surface area contributed by atoms with Crippen molar-refractivity contribution >= 4 is 46.4 Å². The lowest BCUT2D eigenvalue weighted by atomic mass is 9.99. The van der Waals surface area contributed by atoms with E-state index < -0.39 is 23.8 Å². The molecule has 0 radical (unpaired) electrons. The maximum absolute atomic E-state index is 13.5. The summed E-state index contributed by atoms with van der Waals surface area (Å²) in [7, 11) is 0. The van der Waals surface area contributed by atoms with E-state index in [1.165, 1.54) is 30.3 Å². The van der Waals surface area contributed by atoms with E-state index in [9.17, 15) is 19.2 Å². The average molecular weight is 521 g/mol. The molecule has 8 heteroatoms. The van der Waals surface area contributed by atoms with Gasteiger partial charge < -0.3 is 9.47 Å². The van der Waals surface area contributed by atoms with E-state index in [1.54, 1.807) is 13.0 Å². The Morgan fingerprint density at radius 2 is 1.59 bits per heavy atom. The number of esters is 1. The molecule has 0 saturated carbocycles. The molecule has 0 unspecified atom stereocenters. The number of nitrogens with zero attached hydrogens (tertiary/aromatic N) is 1. The first-order valence-electron chi connectivity index (χ1n) is 12.3. The van der Waals surface area contributed by atoms with Crippen molar-refractivity contribution in [2.24, 2.45) is 0 Å². The topological polar surface area (TPSA) is 102 Å². The van der Waals surface area contributed by atoms with E-state index in [0.717, 1.165) is 21.2 Å². The number of imide groups is 2. The van der Waals surface area contributed by atoms with Gasteiger partial charge in [-0.15, -0.1) is 0 Å². The molecule has 1 aliphatic rings. The second kappa shape index (κ2) is 11.0. The van der Waals surface area contributed by atoms with Crippen LogP contribution in [-0.2, 0) is 20.9 Å². The van der Waals surface area contributed by atoms with Gasteiger partial charge in [-0.3, -0.25) is 14.9 Å². The highest BCUT2D eigenvalue weighted by Crippen LogP contribution is 2.32. The van der Waals surface area contributed by atoms with Gasteiger partial charge >= 0.3 is 12.0 Å². The van der Waals surface area contributed by atoms with Gasteiger partial charge in [0, 0.05) is 5.56 Å². The molecule has 4 amide bonds. The second-order valence-corrected chi connectivity index (χ2v) is 8.70. The number of carbonyl (C=O) groups is 4. The van der Waals surface area contributed by atoms with Crippen LogP contribution < -0.4 is 15.0 Å². The number of anilines is 1. The molecule has 0 atom stereocenters. The highest BCUT2D eigenvalue weighted by molar-refractivity contribution is 6.39. The van der Waals surface area contributed by atoms with Gasteiger partial charge in [-0.1, -0.05) is 60.7 Å². The van der Waals surface area contributed by atoms with Crippen molar-refractivity contribution in [1.29, 1.82) is 0 Å². The lowest BCUT2D eigenvalue weighted by molar-refractivity contribution is -0.122. The summed E-state index contributed by atoms with van der Waals surface area (Å²) in [4.78, 5) is 52.0. The largest absolute Gasteiger partial charge is 0.488 e. The van der Waals surface area contributed by atoms with Crippen LogP contribution >= 0.6 is 0 Å². The summed E-state index contributed by atoms with van der Waals surface area (Å²) in [5, 5.41) is 3.91. The maximum Gasteiger partial charge on any atom is 0.338 e. The molecular formula is C31H24N2O6. The van der Waals surface area contributed by atoms with Crippen LogP contribution in [0, 0.1) is 0 Å². The number of urea groups is 1. The standard InChI is InChI=1S/C31H24N2O6/c1-2-38-30(36)22-12-15-23(16-13-22)33-29(35)26(28(34)32-31(33)37)18-25-24-11-7-6-10-21(24)14-17-27(25)39-19-20-8-4-3-5-9-20/h3-18H,2,19H2,1H3,(H,32,34,37)/b26-18+. The third-order valence-electron chi connectivity index (χ3n) is 6.19. The maximum atomic E-state index is 13.5. The molecular weight excluding hydrogens is 496 g/mol. The minimum absolute atomic E-state index is 0.197. The van der Waals surface area contributed by atoms with Gasteiger partial charge in [0.15, 0.2) is 0 Å². The molecule has 4 aromatic carbocycles. The third kappa shape index (κ3) is 5.26. The van der Waals surface area contributed by atoms with Crippen LogP contribution in [0.4, 0.5) is 10.5 Å². The van der Waals surface area contributed by atoms with Gasteiger partial charge in [-0.25, -0.2) is 14.5 Å². The fraction of sp³-hybridized carbons (Fsp3) is 0.0968. The van der Waals surface area contributed by atoms with E-state index in [2.05, 4.69) is 5.32 Å². The van der Waals surface area contributed by atoms with Gasteiger partial charge in [0.2, 0.25) is 0 Å². The minimum Gasteiger partial charge on any atom is -0.488 e. The number of barbiturate groups is 1. The van der Waals surface area contributed by atoms with Gasteiger partial charge in [-0.05, 0) is 59.7 Å². The SMILES string of the molecule is CCOC(=O)c1ccc(N2C(=O)NC(=O)/C(=C\c3c(OCc4ccccc4)ccc4ccccc34)C2=O)cc1. The van der Waals surface area contributed by atoms with Gasteiger partial charge in [-0.2, -0.15) is 0 Å². The highest BCUT2D eigenvalue weighted by Gasteiger charge is 2.37. The number of ether oxygens (including phenoxy) is 2. The Labute approximate surface area is 224 Å². The number of hydrogen-bond acceptors (Lipinski definition) is 6. The zero-order valence-electron chi connectivity index (χ0n) is 21.0. The Morgan fingerprint density at radius 1 is 0.872 bits per heavy atom. The minimum atomic E-state index is -0.885. The zero-order valence-corrected chi connectivity index (χ0v) is 21.0. The summed E-state index contributed by atoms with van der Waals surface area (Å²) in [6.07, 6.45) is 1.45. The van der Waals surface area contributed by atoms with Crippen LogP contribution in [0.5, 0.6) is 5.75 Å². The molecule has 1 saturated heterocycles. The summed E-state index contributed by atoms with van der Waals surface area (Å²) >= 11 is 0. The number of amides is 4. The Morgan fingerprint density at radius 3 is 2.33 bits per heavy atom. The zero-order chi connectivity index (χ0) is 27.4. The molecule has 0 spiro atoms. The molecule has 194 valence electrons. The van der Waals surface area contributed by atoms with E-state index >= 15 is 0 Å². The molecule has 4 aromatic rings. The lowest BCUT2D eigenvalue weighted by Gasteiger charge is -2.26. The van der Waals surface area contributed by atoms with E-state index in [0.29, 0.717) is 11.3 Å². The molecule has 39 heavy (non-hydrogen) atoms. The van der Waals surface area contributed by atoms with Gasteiger partial charge in [0.1, 0.15) is 17.9 Å². The summed E-state index contributed by atoms with van der Waals surface area (Å²) in [6, 6.07) is 25.8. The van der Waals surface area contributed by atoms with Crippen molar-refractivity contribution in [1.82, 2.24) is 5.32 Å². The fourth-order valence-corrected chi connectivity index (χ4v) is 4.28. The number of nitrogens with one attached hydrogen (secondary N) is 1. The van der Waals surface area contributed by atoms with Crippen LogP contribution in [0.1, 0.15) is 28.4 Å². The Hall–Kier alpha value is -5.24. The number of carbonyl (C=O) groups excluding carboxylic acids is 4. The van der Waals surface area contributed by atoms with Crippen LogP contribution in [0.3, 0.4) is 0 Å². The van der Waals surface area contributed by atoms with E-state index in [1.807, 2.05) is 60.7 Å². The van der Waals surface area contributed by atoms with Crippen molar-refractivity contribution < 1.29 is 28.7 Å². The normalized spacial score (nSPS) is 14.4. The number of benzene rings is 4. The summed E-state index contributed by atoms with van der Waals surface area (Å²) in [5.74, 6) is -1.65. The summed E-state index contributed by atoms with van der Waals surface area (Å²) < 4.78 is 11.1. The third-order valence-corrected chi connectivity index (χ3v) is 6.19. The monoisotopic (exact) mass is 520 g/mol. The summed E-state index contributed by atoms with van der Waals surface area (Å²) in [6.45, 7) is 2.20. The first-order valence-corrected chi connectivity index (χ1v) is 12.3. The van der Waals surface area contributed by atoms with E-state index in [-0.39, 0.29) is 30.0 Å².